The van der Waals surface area contributed by atoms with Crippen LogP contribution in [0, 0.1) is 0 Å². The molecule has 0 aromatic rings. The molecule has 100 valence electrons. The molecule has 5 nitrogen and oxygen atoms in total. The quantitative estimate of drug-likeness (QED) is 0.402. The standard InChI is InChI=1S/C8H16N2O.C3H5NO.ClH/c1-5-8(11)9-6-7-10(2,3)4;1-2-3(4)5;/h5H,1,6-7H2,2-4H3;2H,1H2,(H2,4,5);1H. The highest BCUT2D eigenvalue weighted by Crippen LogP contribution is 1.86. The molecule has 3 N–H and O–H groups in total. The van der Waals surface area contributed by atoms with Crippen LogP contribution in [0.15, 0.2) is 25.3 Å². The molecule has 0 aliphatic heterocycles. The molecule has 0 bridgehead atoms. The molecule has 0 radical (unpaired) electrons. The number of nitrogens with one attached hydrogen (secondary N) is 1. The maximum absolute atomic E-state index is 10.7. The second kappa shape index (κ2) is 11.2. The maximum atomic E-state index is 10.7. The van der Waals surface area contributed by atoms with Crippen LogP contribution in [0.5, 0.6) is 0 Å². The molecular formula is C11H22ClN3O2. The first-order chi connectivity index (χ1) is 7.22. The largest absolute Gasteiger partial charge is 1.00 e. The van der Waals surface area contributed by atoms with Crippen LogP contribution in [0.3, 0.4) is 0 Å². The van der Waals surface area contributed by atoms with Gasteiger partial charge in [-0.25, -0.2) is 0 Å². The van der Waals surface area contributed by atoms with E-state index in [0.717, 1.165) is 17.1 Å². The second-order valence-corrected chi connectivity index (χ2v) is 4.12. The number of amides is 2. The molecule has 2 amide bonds. The summed E-state index contributed by atoms with van der Waals surface area (Å²) < 4.78 is 0.859. The molecule has 0 saturated carbocycles. The minimum Gasteiger partial charge on any atom is -1.00 e. The van der Waals surface area contributed by atoms with Crippen molar-refractivity contribution in [2.24, 2.45) is 5.73 Å². The van der Waals surface area contributed by atoms with Gasteiger partial charge in [0.1, 0.15) is 0 Å². The van der Waals surface area contributed by atoms with Gasteiger partial charge in [0.15, 0.2) is 0 Å². The van der Waals surface area contributed by atoms with Crippen LogP contribution in [-0.4, -0.2) is 50.5 Å². The summed E-state index contributed by atoms with van der Waals surface area (Å²) in [4.78, 5) is 20.1. The summed E-state index contributed by atoms with van der Waals surface area (Å²) in [7, 11) is 6.25. The highest BCUT2D eigenvalue weighted by Gasteiger charge is 2.05. The molecule has 6 heteroatoms. The van der Waals surface area contributed by atoms with Gasteiger partial charge < -0.3 is 27.9 Å². The van der Waals surface area contributed by atoms with Crippen molar-refractivity contribution >= 4 is 11.8 Å². The lowest BCUT2D eigenvalue weighted by molar-refractivity contribution is -0.869. The van der Waals surface area contributed by atoms with Crippen molar-refractivity contribution in [2.45, 2.75) is 0 Å². The number of quaternary nitrogens is 1. The van der Waals surface area contributed by atoms with Crippen LogP contribution in [0.25, 0.3) is 0 Å². The predicted octanol–water partition coefficient (Wildman–Crippen LogP) is -3.34. The Morgan fingerprint density at radius 1 is 1.24 bits per heavy atom. The van der Waals surface area contributed by atoms with Gasteiger partial charge in [-0.05, 0) is 12.2 Å². The molecule has 0 aromatic carbocycles. The number of likely N-dealkylation sites (N-methyl/N-ethyl adjacent to an activating group) is 1. The SMILES string of the molecule is C=CC(=O)NCC[N+](C)(C)C.C=CC(N)=O.[Cl-]. The first-order valence-electron chi connectivity index (χ1n) is 4.85. The van der Waals surface area contributed by atoms with E-state index >= 15 is 0 Å². The molecule has 0 rings (SSSR count). The lowest BCUT2D eigenvalue weighted by Crippen LogP contribution is -3.00. The third kappa shape index (κ3) is 25.2. The van der Waals surface area contributed by atoms with E-state index in [9.17, 15) is 9.59 Å². The first-order valence-corrected chi connectivity index (χ1v) is 4.85. The van der Waals surface area contributed by atoms with Crippen LogP contribution >= 0.6 is 0 Å². The molecule has 0 atom stereocenters. The Bertz CT molecular complexity index is 260. The number of carbonyl (C=O) groups excluding carboxylic acids is 2. The molecule has 0 unspecified atom stereocenters. The zero-order valence-electron chi connectivity index (χ0n) is 10.7. The van der Waals surface area contributed by atoms with Crippen molar-refractivity contribution in [2.75, 3.05) is 34.2 Å². The van der Waals surface area contributed by atoms with Gasteiger partial charge in [-0.15, -0.1) is 0 Å². The third-order valence-corrected chi connectivity index (χ3v) is 1.47. The number of rotatable bonds is 5. The smallest absolute Gasteiger partial charge is 0.243 e. The van der Waals surface area contributed by atoms with E-state index in [4.69, 9.17) is 0 Å². The normalized spacial score (nSPS) is 8.88. The van der Waals surface area contributed by atoms with Crippen LogP contribution in [0.1, 0.15) is 0 Å². The lowest BCUT2D eigenvalue weighted by Gasteiger charge is -2.23. The number of nitrogens with two attached hydrogens (primary N) is 1. The monoisotopic (exact) mass is 263 g/mol. The van der Waals surface area contributed by atoms with Crippen LogP contribution in [0.2, 0.25) is 0 Å². The molecule has 0 spiro atoms. The fourth-order valence-electron chi connectivity index (χ4n) is 0.587. The highest BCUT2D eigenvalue weighted by molar-refractivity contribution is 5.86. The molecule has 0 aliphatic rings. The van der Waals surface area contributed by atoms with Gasteiger partial charge >= 0.3 is 0 Å². The third-order valence-electron chi connectivity index (χ3n) is 1.47. The Morgan fingerprint density at radius 2 is 1.65 bits per heavy atom. The topological polar surface area (TPSA) is 72.2 Å². The molecule has 0 saturated heterocycles. The van der Waals surface area contributed by atoms with Gasteiger partial charge in [0.05, 0.1) is 34.2 Å². The summed E-state index contributed by atoms with van der Waals surface area (Å²) in [6, 6.07) is 0. The Hall–Kier alpha value is -1.33. The number of carbonyl (C=O) groups is 2. The zero-order chi connectivity index (χ0) is 13.2. The van der Waals surface area contributed by atoms with Crippen molar-refractivity contribution in [3.8, 4) is 0 Å². The van der Waals surface area contributed by atoms with E-state index in [0.29, 0.717) is 6.54 Å². The van der Waals surface area contributed by atoms with Crippen molar-refractivity contribution in [1.29, 1.82) is 0 Å². The van der Waals surface area contributed by atoms with Crippen molar-refractivity contribution in [3.63, 3.8) is 0 Å². The van der Waals surface area contributed by atoms with E-state index in [1.807, 2.05) is 0 Å². The maximum Gasteiger partial charge on any atom is 0.243 e. The molecular weight excluding hydrogens is 242 g/mol. The second-order valence-electron chi connectivity index (χ2n) is 4.12. The van der Waals surface area contributed by atoms with Crippen molar-refractivity contribution in [3.05, 3.63) is 25.3 Å². The zero-order valence-corrected chi connectivity index (χ0v) is 11.5. The Labute approximate surface area is 109 Å². The van der Waals surface area contributed by atoms with Crippen LogP contribution < -0.4 is 23.5 Å². The van der Waals surface area contributed by atoms with Gasteiger partial charge in [0.25, 0.3) is 0 Å². The molecule has 0 aliphatic carbocycles. The van der Waals surface area contributed by atoms with Gasteiger partial charge in [0, 0.05) is 0 Å². The summed E-state index contributed by atoms with van der Waals surface area (Å²) in [6.07, 6.45) is 2.34. The van der Waals surface area contributed by atoms with Crippen molar-refractivity contribution in [1.82, 2.24) is 5.32 Å². The summed E-state index contributed by atoms with van der Waals surface area (Å²) in [5, 5.41) is 2.72. The molecule has 0 aromatic heterocycles. The van der Waals surface area contributed by atoms with Crippen LogP contribution in [0.4, 0.5) is 0 Å². The molecule has 0 fully saturated rings. The highest BCUT2D eigenvalue weighted by atomic mass is 35.5. The van der Waals surface area contributed by atoms with E-state index in [-0.39, 0.29) is 18.3 Å². The van der Waals surface area contributed by atoms with E-state index in [1.54, 1.807) is 0 Å². The predicted molar refractivity (Wildman–Crippen MR) is 65.5 cm³/mol. The molecule has 17 heavy (non-hydrogen) atoms. The number of hydrogen-bond donors (Lipinski definition) is 2. The average Bonchev–Trinajstić information content (AvgIpc) is 2.16. The summed E-state index contributed by atoms with van der Waals surface area (Å²) in [5.74, 6) is -0.580. The molecule has 0 heterocycles. The van der Waals surface area contributed by atoms with Gasteiger partial charge in [-0.3, -0.25) is 9.59 Å². The average molecular weight is 264 g/mol. The Kier molecular flexibility index (Phi) is 13.8. The van der Waals surface area contributed by atoms with Gasteiger partial charge in [-0.1, -0.05) is 13.2 Å². The number of nitrogens with zero attached hydrogens (tertiary/aromatic N) is 1. The Balaban J connectivity index is -0.000000280. The van der Waals surface area contributed by atoms with Crippen molar-refractivity contribution < 1.29 is 26.5 Å². The summed E-state index contributed by atoms with van der Waals surface area (Å²) >= 11 is 0. The fraction of sp³-hybridized carbons (Fsp3) is 0.455. The van der Waals surface area contributed by atoms with Crippen LogP contribution in [-0.2, 0) is 9.59 Å². The van der Waals surface area contributed by atoms with E-state index in [2.05, 4.69) is 45.4 Å². The van der Waals surface area contributed by atoms with Gasteiger partial charge in [-0.2, -0.15) is 0 Å². The summed E-state index contributed by atoms with van der Waals surface area (Å²) in [5.41, 5.74) is 4.53. The minimum atomic E-state index is -0.481. The van der Waals surface area contributed by atoms with Gasteiger partial charge in [0.2, 0.25) is 11.8 Å². The fourth-order valence-corrected chi connectivity index (χ4v) is 0.587. The first kappa shape index (κ1) is 21.0. The number of hydrogen-bond acceptors (Lipinski definition) is 2. The minimum absolute atomic E-state index is 0. The lowest BCUT2D eigenvalue weighted by atomic mass is 10.5. The van der Waals surface area contributed by atoms with E-state index < -0.39 is 5.91 Å². The number of primary amides is 1. The Morgan fingerprint density at radius 3 is 1.88 bits per heavy atom. The number of halogens is 1. The van der Waals surface area contributed by atoms with E-state index in [1.165, 1.54) is 6.08 Å². The summed E-state index contributed by atoms with van der Waals surface area (Å²) in [6.45, 7) is 8.08.